The number of likely N-dealkylation sites (tertiary alicyclic amines) is 1. The Labute approximate surface area is 229 Å². The van der Waals surface area contributed by atoms with E-state index in [0.717, 1.165) is 19.6 Å². The number of phenols is 1. The molecular weight excluding hydrogens is 500 g/mol. The maximum atomic E-state index is 13.4. The molecule has 2 saturated heterocycles. The predicted octanol–water partition coefficient (Wildman–Crippen LogP) is 3.89. The lowest BCUT2D eigenvalue weighted by atomic mass is 9.93. The number of aryl methyl sites for hydroxylation is 1. The number of carbonyl (C=O) groups is 2. The Morgan fingerprint density at radius 2 is 1.85 bits per heavy atom. The van der Waals surface area contributed by atoms with Crippen molar-refractivity contribution in [2.75, 3.05) is 53.1 Å². The maximum absolute atomic E-state index is 13.4. The molecule has 2 aliphatic rings. The molecule has 1 amide bonds. The molecule has 2 heterocycles. The average molecular weight is 539 g/mol. The Kier molecular flexibility index (Phi) is 9.14. The summed E-state index contributed by atoms with van der Waals surface area (Å²) < 4.78 is 16.5. The number of carbonyl (C=O) groups excluding carboxylic acids is 2. The van der Waals surface area contributed by atoms with Crippen molar-refractivity contribution in [1.29, 1.82) is 0 Å². The molecule has 0 spiro atoms. The first-order valence-electron chi connectivity index (χ1n) is 13.4. The number of methoxy groups -OCH3 is 1. The van der Waals surface area contributed by atoms with Crippen molar-refractivity contribution in [1.82, 2.24) is 9.80 Å². The molecule has 2 fully saturated rings. The summed E-state index contributed by atoms with van der Waals surface area (Å²) in [4.78, 5) is 30.5. The quantitative estimate of drug-likeness (QED) is 0.267. The second kappa shape index (κ2) is 12.5. The number of aromatic hydroxyl groups is 1. The zero-order valence-corrected chi connectivity index (χ0v) is 23.1. The number of phenolic OH excluding ortho intramolecular Hbond substituents is 1. The number of rotatable bonds is 10. The van der Waals surface area contributed by atoms with Gasteiger partial charge in [0.2, 0.25) is 0 Å². The van der Waals surface area contributed by atoms with Gasteiger partial charge in [-0.25, -0.2) is 0 Å². The molecule has 210 valence electrons. The van der Waals surface area contributed by atoms with E-state index in [9.17, 15) is 19.8 Å². The van der Waals surface area contributed by atoms with Crippen molar-refractivity contribution in [3.63, 3.8) is 0 Å². The number of Topliss-reactive ketones (excluding diaryl/α,β-unsaturated/α-hetero) is 1. The SMILES string of the molecule is COc1cc([C@@H]2C(=C(O)c3ccc(OCC(C)C)cc3C)C(=O)C(=O)N2CCCN2CCOCC2)ccc1O. The van der Waals surface area contributed by atoms with Gasteiger partial charge in [-0.3, -0.25) is 14.5 Å². The van der Waals surface area contributed by atoms with E-state index in [4.69, 9.17) is 14.2 Å². The van der Waals surface area contributed by atoms with Crippen molar-refractivity contribution in [3.8, 4) is 17.2 Å². The summed E-state index contributed by atoms with van der Waals surface area (Å²) in [7, 11) is 1.43. The van der Waals surface area contributed by atoms with Crippen LogP contribution in [0.25, 0.3) is 5.76 Å². The van der Waals surface area contributed by atoms with E-state index >= 15 is 0 Å². The molecule has 0 aliphatic carbocycles. The molecule has 9 heteroatoms. The number of aliphatic hydroxyl groups excluding tert-OH is 1. The fraction of sp³-hybridized carbons (Fsp3) is 0.467. The van der Waals surface area contributed by atoms with Crippen LogP contribution in [0.3, 0.4) is 0 Å². The zero-order valence-electron chi connectivity index (χ0n) is 23.1. The van der Waals surface area contributed by atoms with E-state index in [1.54, 1.807) is 24.3 Å². The van der Waals surface area contributed by atoms with Crippen LogP contribution in [-0.4, -0.2) is 84.8 Å². The summed E-state index contributed by atoms with van der Waals surface area (Å²) in [6.07, 6.45) is 0.652. The molecule has 4 rings (SSSR count). The summed E-state index contributed by atoms with van der Waals surface area (Å²) >= 11 is 0. The summed E-state index contributed by atoms with van der Waals surface area (Å²) in [6, 6.07) is 9.15. The third-order valence-electron chi connectivity index (χ3n) is 7.07. The van der Waals surface area contributed by atoms with Crippen molar-refractivity contribution >= 4 is 17.4 Å². The van der Waals surface area contributed by atoms with Gasteiger partial charge in [0.05, 0.1) is 38.5 Å². The summed E-state index contributed by atoms with van der Waals surface area (Å²) in [6.45, 7) is 10.6. The second-order valence-corrected chi connectivity index (χ2v) is 10.4. The number of morpholine rings is 1. The molecule has 0 unspecified atom stereocenters. The smallest absolute Gasteiger partial charge is 0.295 e. The number of hydrogen-bond acceptors (Lipinski definition) is 8. The van der Waals surface area contributed by atoms with Crippen LogP contribution in [-0.2, 0) is 14.3 Å². The highest BCUT2D eigenvalue weighted by molar-refractivity contribution is 6.46. The first-order valence-corrected chi connectivity index (χ1v) is 13.4. The maximum Gasteiger partial charge on any atom is 0.295 e. The van der Waals surface area contributed by atoms with Crippen LogP contribution >= 0.6 is 0 Å². The first kappa shape index (κ1) is 28.4. The van der Waals surface area contributed by atoms with Crippen LogP contribution in [0.5, 0.6) is 17.2 Å². The lowest BCUT2D eigenvalue weighted by molar-refractivity contribution is -0.140. The van der Waals surface area contributed by atoms with E-state index in [-0.39, 0.29) is 22.8 Å². The highest BCUT2D eigenvalue weighted by atomic mass is 16.5. The molecular formula is C30H38N2O7. The van der Waals surface area contributed by atoms with Gasteiger partial charge in [0.1, 0.15) is 11.5 Å². The van der Waals surface area contributed by atoms with E-state index in [1.807, 2.05) is 13.0 Å². The van der Waals surface area contributed by atoms with Crippen molar-refractivity contribution in [2.45, 2.75) is 33.2 Å². The van der Waals surface area contributed by atoms with Gasteiger partial charge >= 0.3 is 0 Å². The third kappa shape index (κ3) is 6.37. The summed E-state index contributed by atoms with van der Waals surface area (Å²) in [5, 5.41) is 21.7. The largest absolute Gasteiger partial charge is 0.507 e. The minimum absolute atomic E-state index is 0.0121. The van der Waals surface area contributed by atoms with E-state index in [1.165, 1.54) is 18.1 Å². The molecule has 0 radical (unpaired) electrons. The first-order chi connectivity index (χ1) is 18.7. The molecule has 2 aromatic carbocycles. The van der Waals surface area contributed by atoms with E-state index < -0.39 is 17.7 Å². The number of hydrogen-bond donors (Lipinski definition) is 2. The molecule has 0 aromatic heterocycles. The number of aliphatic hydroxyl groups is 1. The lowest BCUT2D eigenvalue weighted by Gasteiger charge is -2.29. The van der Waals surface area contributed by atoms with Gasteiger partial charge in [0.25, 0.3) is 11.7 Å². The Morgan fingerprint density at radius 1 is 1.10 bits per heavy atom. The van der Waals surface area contributed by atoms with Crippen molar-refractivity contribution < 1.29 is 34.0 Å². The van der Waals surface area contributed by atoms with Gasteiger partial charge in [-0.15, -0.1) is 0 Å². The van der Waals surface area contributed by atoms with Crippen LogP contribution < -0.4 is 9.47 Å². The minimum atomic E-state index is -0.833. The molecule has 2 aliphatic heterocycles. The minimum Gasteiger partial charge on any atom is -0.507 e. The number of nitrogens with zero attached hydrogens (tertiary/aromatic N) is 2. The molecule has 39 heavy (non-hydrogen) atoms. The summed E-state index contributed by atoms with van der Waals surface area (Å²) in [5.74, 6) is -0.455. The van der Waals surface area contributed by atoms with Crippen LogP contribution in [0.4, 0.5) is 0 Å². The molecule has 9 nitrogen and oxygen atoms in total. The van der Waals surface area contributed by atoms with Crippen molar-refractivity contribution in [2.24, 2.45) is 5.92 Å². The van der Waals surface area contributed by atoms with Crippen molar-refractivity contribution in [3.05, 3.63) is 58.7 Å². The topological polar surface area (TPSA) is 109 Å². The predicted molar refractivity (Wildman–Crippen MR) is 147 cm³/mol. The Bertz CT molecular complexity index is 1230. The lowest BCUT2D eigenvalue weighted by Crippen LogP contribution is -2.38. The van der Waals surface area contributed by atoms with Gasteiger partial charge in [-0.2, -0.15) is 0 Å². The van der Waals surface area contributed by atoms with E-state index in [0.29, 0.717) is 61.1 Å². The second-order valence-electron chi connectivity index (χ2n) is 10.4. The standard InChI is InChI=1S/C30H38N2O7/c1-19(2)18-39-22-7-8-23(20(3)16-22)28(34)26-27(21-6-9-24(33)25(17-21)37-4)32(30(36)29(26)35)11-5-10-31-12-14-38-15-13-31/h6-9,16-17,19,27,33-34H,5,10-15,18H2,1-4H3/t27-/m1/s1. The normalized spacial score (nSPS) is 19.6. The fourth-order valence-corrected chi connectivity index (χ4v) is 5.01. The van der Waals surface area contributed by atoms with Gasteiger partial charge < -0.3 is 29.3 Å². The van der Waals surface area contributed by atoms with Crippen LogP contribution in [0.1, 0.15) is 43.0 Å². The number of amides is 1. The molecule has 2 N–H and O–H groups in total. The molecule has 0 bridgehead atoms. The van der Waals surface area contributed by atoms with Gasteiger partial charge in [0.15, 0.2) is 11.5 Å². The number of ketones is 1. The van der Waals surface area contributed by atoms with Crippen LogP contribution in [0.2, 0.25) is 0 Å². The Balaban J connectivity index is 1.70. The van der Waals surface area contributed by atoms with Gasteiger partial charge in [-0.1, -0.05) is 19.9 Å². The average Bonchev–Trinajstić information content (AvgIpc) is 3.17. The summed E-state index contributed by atoms with van der Waals surface area (Å²) in [5.41, 5.74) is 1.74. The van der Waals surface area contributed by atoms with Crippen LogP contribution in [0.15, 0.2) is 42.0 Å². The van der Waals surface area contributed by atoms with Gasteiger partial charge in [0, 0.05) is 31.7 Å². The third-order valence-corrected chi connectivity index (χ3v) is 7.07. The molecule has 2 aromatic rings. The zero-order chi connectivity index (χ0) is 28.1. The number of ether oxygens (including phenoxy) is 3. The number of benzene rings is 2. The Hall–Kier alpha value is -3.56. The highest BCUT2D eigenvalue weighted by Crippen LogP contribution is 2.42. The monoisotopic (exact) mass is 538 g/mol. The van der Waals surface area contributed by atoms with Gasteiger partial charge in [-0.05, 0) is 60.7 Å². The fourth-order valence-electron chi connectivity index (χ4n) is 5.01. The molecule has 0 saturated carbocycles. The van der Waals surface area contributed by atoms with Crippen LogP contribution in [0, 0.1) is 12.8 Å². The highest BCUT2D eigenvalue weighted by Gasteiger charge is 2.46. The van der Waals surface area contributed by atoms with E-state index in [2.05, 4.69) is 18.7 Å². The molecule has 1 atom stereocenters. The Morgan fingerprint density at radius 3 is 2.51 bits per heavy atom.